The smallest absolute Gasteiger partial charge is 0.305 e. The first-order chi connectivity index (χ1) is 7.24. The molecule has 1 rings (SSSR count). The summed E-state index contributed by atoms with van der Waals surface area (Å²) in [6, 6.07) is 0. The molecular weight excluding hydrogens is 232 g/mol. The number of ether oxygens (including phenoxy) is 2. The van der Waals surface area contributed by atoms with Crippen molar-refractivity contribution in [3.8, 4) is 0 Å². The molecule has 0 saturated carbocycles. The van der Waals surface area contributed by atoms with Gasteiger partial charge >= 0.3 is 11.4 Å². The van der Waals surface area contributed by atoms with E-state index >= 15 is 0 Å². The third-order valence-electron chi connectivity index (χ3n) is 3.06. The molecule has 1 heterocycles. The van der Waals surface area contributed by atoms with Crippen LogP contribution in [-0.4, -0.2) is 41.8 Å². The van der Waals surface area contributed by atoms with E-state index in [0.717, 1.165) is 0 Å². The molecule has 0 unspecified atom stereocenters. The highest BCUT2D eigenvalue weighted by Crippen LogP contribution is 2.35. The third-order valence-corrected chi connectivity index (χ3v) is 3.79. The molecule has 0 aromatic carbocycles. The second-order valence-electron chi connectivity index (χ2n) is 4.85. The van der Waals surface area contributed by atoms with Gasteiger partial charge in [-0.25, -0.2) is 0 Å². The molecule has 1 fully saturated rings. The standard InChI is InChI=1S/C10H20O5S/c1-9(2,12-5)7-8(10(3,4)13-6)15-16(11)14-7/h7-8H,1-6H3/t7-,8-/m1/s1. The average Bonchev–Trinajstić information content (AvgIpc) is 2.62. The summed E-state index contributed by atoms with van der Waals surface area (Å²) in [6.07, 6.45) is -0.874. The molecule has 96 valence electrons. The lowest BCUT2D eigenvalue weighted by Crippen LogP contribution is -2.53. The second-order valence-corrected chi connectivity index (χ2v) is 5.65. The van der Waals surface area contributed by atoms with Crippen LogP contribution in [0, 0.1) is 0 Å². The van der Waals surface area contributed by atoms with Crippen molar-refractivity contribution in [3.63, 3.8) is 0 Å². The van der Waals surface area contributed by atoms with Crippen LogP contribution >= 0.6 is 0 Å². The van der Waals surface area contributed by atoms with Gasteiger partial charge in [0, 0.05) is 14.2 Å². The van der Waals surface area contributed by atoms with Gasteiger partial charge in [0.25, 0.3) is 0 Å². The van der Waals surface area contributed by atoms with Crippen molar-refractivity contribution in [1.82, 2.24) is 0 Å². The minimum Gasteiger partial charge on any atom is -0.376 e. The van der Waals surface area contributed by atoms with Gasteiger partial charge in [-0.3, -0.25) is 8.37 Å². The minimum atomic E-state index is -1.74. The summed E-state index contributed by atoms with van der Waals surface area (Å²) >= 11 is -1.74. The Hall–Kier alpha value is -0.0100. The van der Waals surface area contributed by atoms with E-state index < -0.39 is 34.8 Å². The van der Waals surface area contributed by atoms with E-state index in [-0.39, 0.29) is 0 Å². The van der Waals surface area contributed by atoms with Crippen LogP contribution in [0.2, 0.25) is 0 Å². The maximum atomic E-state index is 11.3. The lowest BCUT2D eigenvalue weighted by Gasteiger charge is -2.37. The van der Waals surface area contributed by atoms with E-state index in [0.29, 0.717) is 0 Å². The highest BCUT2D eigenvalue weighted by atomic mass is 32.2. The van der Waals surface area contributed by atoms with E-state index in [9.17, 15) is 4.21 Å². The highest BCUT2D eigenvalue weighted by molar-refractivity contribution is 7.75. The zero-order valence-corrected chi connectivity index (χ0v) is 11.4. The molecule has 0 amide bonds. The van der Waals surface area contributed by atoms with Crippen LogP contribution in [0.15, 0.2) is 0 Å². The molecule has 5 nitrogen and oxygen atoms in total. The molecule has 0 N–H and O–H groups in total. The molecule has 6 heteroatoms. The molecule has 0 radical (unpaired) electrons. The fraction of sp³-hybridized carbons (Fsp3) is 1.00. The molecule has 0 aromatic heterocycles. The first kappa shape index (κ1) is 14.1. The molecule has 16 heavy (non-hydrogen) atoms. The van der Waals surface area contributed by atoms with E-state index in [1.807, 2.05) is 27.7 Å². The largest absolute Gasteiger partial charge is 0.376 e. The van der Waals surface area contributed by atoms with E-state index in [1.165, 1.54) is 0 Å². The summed E-state index contributed by atoms with van der Waals surface area (Å²) in [4.78, 5) is 0. The Bertz CT molecular complexity index is 250. The summed E-state index contributed by atoms with van der Waals surface area (Å²) in [6.45, 7) is 7.45. The van der Waals surface area contributed by atoms with Gasteiger partial charge in [-0.2, -0.15) is 4.21 Å². The van der Waals surface area contributed by atoms with Gasteiger partial charge < -0.3 is 9.47 Å². The summed E-state index contributed by atoms with van der Waals surface area (Å²) in [7, 11) is 3.17. The molecule has 1 aliphatic rings. The van der Waals surface area contributed by atoms with Gasteiger partial charge in [0.15, 0.2) is 0 Å². The van der Waals surface area contributed by atoms with Crippen LogP contribution in [0.25, 0.3) is 0 Å². The van der Waals surface area contributed by atoms with Crippen molar-refractivity contribution in [3.05, 3.63) is 0 Å². The van der Waals surface area contributed by atoms with E-state index in [2.05, 4.69) is 0 Å². The van der Waals surface area contributed by atoms with Crippen molar-refractivity contribution in [2.45, 2.75) is 51.1 Å². The average molecular weight is 252 g/mol. The van der Waals surface area contributed by atoms with Crippen molar-refractivity contribution in [2.75, 3.05) is 14.2 Å². The molecule has 0 aliphatic carbocycles. The second kappa shape index (κ2) is 4.70. The van der Waals surface area contributed by atoms with Crippen molar-refractivity contribution >= 4 is 11.4 Å². The van der Waals surface area contributed by atoms with Crippen molar-refractivity contribution < 1.29 is 22.0 Å². The highest BCUT2D eigenvalue weighted by Gasteiger charge is 2.52. The van der Waals surface area contributed by atoms with Crippen LogP contribution in [-0.2, 0) is 29.2 Å². The summed E-state index contributed by atoms with van der Waals surface area (Å²) in [5.41, 5.74) is -1.18. The maximum Gasteiger partial charge on any atom is 0.305 e. The normalized spacial score (nSPS) is 28.6. The molecule has 0 bridgehead atoms. The van der Waals surface area contributed by atoms with Crippen LogP contribution in [0.4, 0.5) is 0 Å². The topological polar surface area (TPSA) is 54.0 Å². The maximum absolute atomic E-state index is 11.3. The van der Waals surface area contributed by atoms with E-state index in [1.54, 1.807) is 14.2 Å². The molecule has 1 aliphatic heterocycles. The molecule has 0 spiro atoms. The predicted octanol–water partition coefficient (Wildman–Crippen LogP) is 1.20. The Morgan fingerprint density at radius 1 is 0.938 bits per heavy atom. The fourth-order valence-electron chi connectivity index (χ4n) is 1.49. The van der Waals surface area contributed by atoms with Crippen LogP contribution in [0.3, 0.4) is 0 Å². The first-order valence-electron chi connectivity index (χ1n) is 5.11. The third kappa shape index (κ3) is 2.62. The van der Waals surface area contributed by atoms with Crippen molar-refractivity contribution in [2.24, 2.45) is 0 Å². The number of rotatable bonds is 4. The summed E-state index contributed by atoms with van der Waals surface area (Å²) in [5.74, 6) is 0. The zero-order valence-electron chi connectivity index (χ0n) is 10.6. The van der Waals surface area contributed by atoms with Crippen molar-refractivity contribution in [1.29, 1.82) is 0 Å². The van der Waals surface area contributed by atoms with Gasteiger partial charge in [0.05, 0.1) is 11.2 Å². The van der Waals surface area contributed by atoms with Gasteiger partial charge in [0.2, 0.25) is 0 Å². The molecule has 2 atom stereocenters. The Labute approximate surface area is 99.3 Å². The lowest BCUT2D eigenvalue weighted by molar-refractivity contribution is -0.132. The Morgan fingerprint density at radius 2 is 1.25 bits per heavy atom. The SMILES string of the molecule is COC(C)(C)[C@@H]1OS(=O)O[C@H]1C(C)(C)OC. The van der Waals surface area contributed by atoms with E-state index in [4.69, 9.17) is 17.8 Å². The van der Waals surface area contributed by atoms with Crippen LogP contribution < -0.4 is 0 Å². The molecule has 0 aromatic rings. The van der Waals surface area contributed by atoms with Gasteiger partial charge in [-0.15, -0.1) is 0 Å². The summed E-state index contributed by atoms with van der Waals surface area (Å²) < 4.78 is 32.6. The fourth-order valence-corrected chi connectivity index (χ4v) is 2.54. The number of hydrogen-bond acceptors (Lipinski definition) is 5. The van der Waals surface area contributed by atoms with Gasteiger partial charge in [0.1, 0.15) is 12.2 Å². The van der Waals surface area contributed by atoms with Crippen LogP contribution in [0.1, 0.15) is 27.7 Å². The Kier molecular flexibility index (Phi) is 4.13. The molecular formula is C10H20O5S. The van der Waals surface area contributed by atoms with Gasteiger partial charge in [-0.05, 0) is 27.7 Å². The predicted molar refractivity (Wildman–Crippen MR) is 60.1 cm³/mol. The summed E-state index contributed by atoms with van der Waals surface area (Å²) in [5, 5.41) is 0. The minimum absolute atomic E-state index is 0.437. The molecule has 1 saturated heterocycles. The quantitative estimate of drug-likeness (QED) is 0.752. The monoisotopic (exact) mass is 252 g/mol. The Balaban J connectivity index is 2.95. The van der Waals surface area contributed by atoms with Crippen LogP contribution in [0.5, 0.6) is 0 Å². The number of methoxy groups -OCH3 is 2. The number of hydrogen-bond donors (Lipinski definition) is 0. The zero-order chi connectivity index (χ0) is 12.6. The Morgan fingerprint density at radius 3 is 1.50 bits per heavy atom. The first-order valence-corrected chi connectivity index (χ1v) is 6.11. The lowest BCUT2D eigenvalue weighted by atomic mass is 9.87. The van der Waals surface area contributed by atoms with Gasteiger partial charge in [-0.1, -0.05) is 0 Å².